The van der Waals surface area contributed by atoms with Gasteiger partial charge < -0.3 is 37.7 Å². The molecule has 1 amide bonds. The third-order valence-corrected chi connectivity index (χ3v) is 6.35. The lowest BCUT2D eigenvalue weighted by atomic mass is 10.1. The lowest BCUT2D eigenvalue weighted by Crippen LogP contribution is -2.28. The summed E-state index contributed by atoms with van der Waals surface area (Å²) in [6, 6.07) is 7.23. The van der Waals surface area contributed by atoms with Crippen molar-refractivity contribution in [2.45, 2.75) is 52.0 Å². The van der Waals surface area contributed by atoms with Crippen LogP contribution in [0, 0.1) is 0 Å². The summed E-state index contributed by atoms with van der Waals surface area (Å²) >= 11 is 0. The van der Waals surface area contributed by atoms with Gasteiger partial charge >= 0.3 is 5.69 Å². The number of hydrogen-bond acceptors (Lipinski definition) is 9. The van der Waals surface area contributed by atoms with Crippen molar-refractivity contribution in [3.63, 3.8) is 0 Å². The van der Waals surface area contributed by atoms with Gasteiger partial charge in [-0.25, -0.2) is 4.79 Å². The topological polar surface area (TPSA) is 181 Å². The van der Waals surface area contributed by atoms with Crippen LogP contribution in [0.3, 0.4) is 0 Å². The van der Waals surface area contributed by atoms with Gasteiger partial charge in [-0.05, 0) is 82.5 Å². The maximum absolute atomic E-state index is 12.6. The molecule has 0 fully saturated rings. The number of rotatable bonds is 19. The maximum atomic E-state index is 12.6. The fourth-order valence-electron chi connectivity index (χ4n) is 4.09. The Hall–Kier alpha value is -3.48. The molecule has 0 bridgehead atoms. The van der Waals surface area contributed by atoms with Crippen molar-refractivity contribution in [3.8, 4) is 0 Å². The SMILES string of the molecule is CCCCNc1nc(N)c2[nH]c(=O)n(Cc3ccc(C(=O)NCCCNCCCCNCCCN)cc3)c2n1. The second-order valence-corrected chi connectivity index (χ2v) is 9.58. The first-order valence-electron chi connectivity index (χ1n) is 14.0. The molecule has 1 aromatic carbocycles. The average molecular weight is 541 g/mol. The highest BCUT2D eigenvalue weighted by Gasteiger charge is 2.14. The van der Waals surface area contributed by atoms with E-state index in [0.29, 0.717) is 35.8 Å². The Bertz CT molecular complexity index is 1210. The first-order chi connectivity index (χ1) is 19.0. The van der Waals surface area contributed by atoms with Crippen LogP contribution in [0.4, 0.5) is 11.8 Å². The van der Waals surface area contributed by atoms with Crippen molar-refractivity contribution >= 4 is 28.8 Å². The number of nitrogen functional groups attached to an aromatic ring is 1. The van der Waals surface area contributed by atoms with E-state index >= 15 is 0 Å². The van der Waals surface area contributed by atoms with Crippen LogP contribution in [0.25, 0.3) is 11.2 Å². The molecule has 0 radical (unpaired) electrons. The Labute approximate surface area is 229 Å². The number of hydrogen-bond donors (Lipinski definition) is 7. The summed E-state index contributed by atoms with van der Waals surface area (Å²) in [5.41, 5.74) is 13.5. The van der Waals surface area contributed by atoms with Crippen molar-refractivity contribution in [2.24, 2.45) is 5.73 Å². The highest BCUT2D eigenvalue weighted by molar-refractivity contribution is 5.94. The molecule has 2 aromatic heterocycles. The molecule has 39 heavy (non-hydrogen) atoms. The summed E-state index contributed by atoms with van der Waals surface area (Å²) in [5.74, 6) is 0.510. The number of carbonyl (C=O) groups excluding carboxylic acids is 1. The van der Waals surface area contributed by atoms with E-state index in [9.17, 15) is 9.59 Å². The number of imidazole rings is 1. The lowest BCUT2D eigenvalue weighted by molar-refractivity contribution is 0.0953. The third-order valence-electron chi connectivity index (χ3n) is 6.35. The summed E-state index contributed by atoms with van der Waals surface area (Å²) in [5, 5.41) is 12.9. The number of unbranched alkanes of at least 4 members (excludes halogenated alkanes) is 2. The number of fused-ring (bicyclic) bond motifs is 1. The number of anilines is 2. The van der Waals surface area contributed by atoms with E-state index in [2.05, 4.69) is 43.1 Å². The minimum atomic E-state index is -0.314. The van der Waals surface area contributed by atoms with Crippen LogP contribution in [-0.4, -0.2) is 71.2 Å². The molecule has 2 heterocycles. The molecule has 0 aliphatic heterocycles. The van der Waals surface area contributed by atoms with Gasteiger partial charge in [0.25, 0.3) is 5.91 Å². The van der Waals surface area contributed by atoms with E-state index < -0.39 is 0 Å². The van der Waals surface area contributed by atoms with Crippen LogP contribution in [0.15, 0.2) is 29.1 Å². The molecule has 3 rings (SSSR count). The monoisotopic (exact) mass is 540 g/mol. The number of aromatic nitrogens is 4. The van der Waals surface area contributed by atoms with Crippen molar-refractivity contribution in [2.75, 3.05) is 56.9 Å². The molecule has 12 heteroatoms. The van der Waals surface area contributed by atoms with Crippen molar-refractivity contribution in [1.82, 2.24) is 35.5 Å². The first-order valence-corrected chi connectivity index (χ1v) is 14.0. The Morgan fingerprint density at radius 2 is 1.62 bits per heavy atom. The highest BCUT2D eigenvalue weighted by atomic mass is 16.2. The van der Waals surface area contributed by atoms with Crippen LogP contribution < -0.4 is 38.4 Å². The van der Waals surface area contributed by atoms with E-state index in [-0.39, 0.29) is 17.4 Å². The largest absolute Gasteiger partial charge is 0.382 e. The van der Waals surface area contributed by atoms with E-state index in [1.165, 1.54) is 4.57 Å². The molecule has 12 nitrogen and oxygen atoms in total. The molecule has 0 atom stereocenters. The molecular weight excluding hydrogens is 496 g/mol. The molecule has 0 saturated heterocycles. The lowest BCUT2D eigenvalue weighted by Gasteiger charge is -2.09. The molecule has 0 aliphatic rings. The average Bonchev–Trinajstić information content (AvgIpc) is 3.25. The number of amides is 1. The number of aromatic amines is 1. The smallest absolute Gasteiger partial charge is 0.328 e. The van der Waals surface area contributed by atoms with E-state index in [0.717, 1.165) is 83.4 Å². The van der Waals surface area contributed by atoms with Crippen LogP contribution >= 0.6 is 0 Å². The quantitative estimate of drug-likeness (QED) is 0.111. The van der Waals surface area contributed by atoms with Crippen molar-refractivity contribution in [3.05, 3.63) is 45.9 Å². The molecule has 3 aromatic rings. The van der Waals surface area contributed by atoms with Crippen LogP contribution in [-0.2, 0) is 6.54 Å². The van der Waals surface area contributed by atoms with Crippen LogP contribution in [0.2, 0.25) is 0 Å². The second-order valence-electron chi connectivity index (χ2n) is 9.58. The van der Waals surface area contributed by atoms with Gasteiger partial charge in [-0.2, -0.15) is 9.97 Å². The van der Waals surface area contributed by atoms with Gasteiger partial charge in [-0.15, -0.1) is 0 Å². The van der Waals surface area contributed by atoms with Gasteiger partial charge in [0.2, 0.25) is 5.95 Å². The Balaban J connectivity index is 1.43. The van der Waals surface area contributed by atoms with Gasteiger partial charge in [0, 0.05) is 18.7 Å². The standard InChI is InChI=1S/C27H44N10O2/c1-2-3-17-33-26-35-23(29)22-24(36-26)37(27(39)34-22)19-20-8-10-21(11-9-20)25(38)32-18-7-16-31-14-5-4-13-30-15-6-12-28/h8-11,30-31H,2-7,12-19,28H2,1H3,(H,32,38)(H,34,39)(H3,29,33,35,36). The number of nitrogens with two attached hydrogens (primary N) is 2. The molecule has 9 N–H and O–H groups in total. The number of nitrogens with one attached hydrogen (secondary N) is 5. The van der Waals surface area contributed by atoms with Gasteiger partial charge in [0.05, 0.1) is 6.54 Å². The minimum Gasteiger partial charge on any atom is -0.382 e. The van der Waals surface area contributed by atoms with Gasteiger partial charge in [-0.1, -0.05) is 25.5 Å². The predicted octanol–water partition coefficient (Wildman–Crippen LogP) is 1.39. The van der Waals surface area contributed by atoms with Gasteiger partial charge in [-0.3, -0.25) is 9.36 Å². The van der Waals surface area contributed by atoms with E-state index in [4.69, 9.17) is 11.5 Å². The number of H-pyrrole nitrogens is 1. The highest BCUT2D eigenvalue weighted by Crippen LogP contribution is 2.17. The van der Waals surface area contributed by atoms with Gasteiger partial charge in [0.1, 0.15) is 5.52 Å². The summed E-state index contributed by atoms with van der Waals surface area (Å²) < 4.78 is 1.53. The fraction of sp³-hybridized carbons (Fsp3) is 0.556. The number of nitrogens with zero attached hydrogens (tertiary/aromatic N) is 3. The molecule has 0 unspecified atom stereocenters. The Kier molecular flexibility index (Phi) is 12.7. The summed E-state index contributed by atoms with van der Waals surface area (Å²) in [7, 11) is 0. The van der Waals surface area contributed by atoms with E-state index in [1.807, 2.05) is 12.1 Å². The Morgan fingerprint density at radius 1 is 0.923 bits per heavy atom. The first kappa shape index (κ1) is 30.1. The zero-order valence-electron chi connectivity index (χ0n) is 23.0. The van der Waals surface area contributed by atoms with Crippen LogP contribution in [0.1, 0.15) is 61.4 Å². The maximum Gasteiger partial charge on any atom is 0.328 e. The fourth-order valence-corrected chi connectivity index (χ4v) is 4.09. The van der Waals surface area contributed by atoms with Gasteiger partial charge in [0.15, 0.2) is 11.5 Å². The second kappa shape index (κ2) is 16.5. The minimum absolute atomic E-state index is 0.113. The normalized spacial score (nSPS) is 11.2. The van der Waals surface area contributed by atoms with E-state index in [1.54, 1.807) is 12.1 Å². The predicted molar refractivity (Wildman–Crippen MR) is 157 cm³/mol. The Morgan fingerprint density at radius 3 is 2.31 bits per heavy atom. The molecule has 0 aliphatic carbocycles. The van der Waals surface area contributed by atoms with Crippen molar-refractivity contribution < 1.29 is 4.79 Å². The summed E-state index contributed by atoms with van der Waals surface area (Å²) in [6.45, 7) is 8.31. The zero-order valence-corrected chi connectivity index (χ0v) is 23.0. The molecule has 214 valence electrons. The van der Waals surface area contributed by atoms with Crippen LogP contribution in [0.5, 0.6) is 0 Å². The third kappa shape index (κ3) is 9.65. The number of benzene rings is 1. The molecule has 0 spiro atoms. The summed E-state index contributed by atoms with van der Waals surface area (Å²) in [4.78, 5) is 36.7. The van der Waals surface area contributed by atoms with Crippen molar-refractivity contribution in [1.29, 1.82) is 0 Å². The molecular formula is C27H44N10O2. The molecule has 0 saturated carbocycles. The number of carbonyl (C=O) groups is 1. The summed E-state index contributed by atoms with van der Waals surface area (Å²) in [6.07, 6.45) is 6.16. The zero-order chi connectivity index (χ0) is 27.9.